The van der Waals surface area contributed by atoms with Crippen LogP contribution in [0.4, 0.5) is 0 Å². The predicted molar refractivity (Wildman–Crippen MR) is 70.1 cm³/mol. The van der Waals surface area contributed by atoms with Crippen LogP contribution in [-0.4, -0.2) is 28.0 Å². The smallest absolute Gasteiger partial charge is 0.308 e. The van der Waals surface area contributed by atoms with Crippen molar-refractivity contribution in [3.05, 3.63) is 29.0 Å². The van der Waals surface area contributed by atoms with E-state index in [9.17, 15) is 9.59 Å². The summed E-state index contributed by atoms with van der Waals surface area (Å²) >= 11 is 5.65. The Kier molecular flexibility index (Phi) is 4.37. The Labute approximate surface area is 116 Å². The van der Waals surface area contributed by atoms with Gasteiger partial charge in [-0.15, -0.1) is 0 Å². The van der Waals surface area contributed by atoms with Crippen molar-refractivity contribution in [1.82, 2.24) is 10.3 Å². The van der Waals surface area contributed by atoms with Crippen molar-refractivity contribution in [3.63, 3.8) is 0 Å². The van der Waals surface area contributed by atoms with Crippen LogP contribution in [0.5, 0.6) is 0 Å². The van der Waals surface area contributed by atoms with Crippen molar-refractivity contribution >= 4 is 23.5 Å². The van der Waals surface area contributed by atoms with Gasteiger partial charge < -0.3 is 10.4 Å². The zero-order valence-corrected chi connectivity index (χ0v) is 11.1. The first-order valence-corrected chi connectivity index (χ1v) is 6.61. The van der Waals surface area contributed by atoms with Gasteiger partial charge in [0.15, 0.2) is 0 Å². The highest BCUT2D eigenvalue weighted by molar-refractivity contribution is 6.29. The van der Waals surface area contributed by atoms with Gasteiger partial charge in [0, 0.05) is 12.2 Å². The Balaban J connectivity index is 2.04. The molecule has 19 heavy (non-hydrogen) atoms. The molecule has 1 aromatic rings. The molecular formula is C13H15ClN2O3. The minimum atomic E-state index is -0.848. The number of nitrogens with one attached hydrogen (secondary N) is 1. The van der Waals surface area contributed by atoms with Gasteiger partial charge in [-0.2, -0.15) is 0 Å². The fraction of sp³-hybridized carbons (Fsp3) is 0.462. The summed E-state index contributed by atoms with van der Waals surface area (Å²) in [6, 6.07) is 2.80. The van der Waals surface area contributed by atoms with Gasteiger partial charge in [-0.3, -0.25) is 9.59 Å². The molecule has 5 nitrogen and oxygen atoms in total. The predicted octanol–water partition coefficient (Wildman–Crippen LogP) is 2.11. The molecule has 0 aliphatic heterocycles. The van der Waals surface area contributed by atoms with Crippen molar-refractivity contribution in [3.8, 4) is 0 Å². The lowest BCUT2D eigenvalue weighted by molar-refractivity contribution is -0.143. The molecule has 0 bridgehead atoms. The number of carbonyl (C=O) groups is 2. The molecule has 2 atom stereocenters. The number of hydrogen-bond donors (Lipinski definition) is 2. The van der Waals surface area contributed by atoms with Gasteiger partial charge in [0.05, 0.1) is 11.5 Å². The highest BCUT2D eigenvalue weighted by Gasteiger charge is 2.31. The number of aromatic nitrogens is 1. The summed E-state index contributed by atoms with van der Waals surface area (Å²) < 4.78 is 0. The molecule has 1 aliphatic rings. The van der Waals surface area contributed by atoms with E-state index in [1.807, 2.05) is 0 Å². The fourth-order valence-electron chi connectivity index (χ4n) is 2.36. The maximum atomic E-state index is 12.0. The maximum absolute atomic E-state index is 12.0. The molecule has 1 amide bonds. The van der Waals surface area contributed by atoms with Crippen LogP contribution in [0.3, 0.4) is 0 Å². The van der Waals surface area contributed by atoms with E-state index in [2.05, 4.69) is 10.3 Å². The molecule has 0 saturated heterocycles. The van der Waals surface area contributed by atoms with Gasteiger partial charge in [0.2, 0.25) is 0 Å². The second-order valence-corrected chi connectivity index (χ2v) is 5.07. The number of carboxylic acids is 1. The number of pyridine rings is 1. The van der Waals surface area contributed by atoms with Gasteiger partial charge in [0.1, 0.15) is 5.15 Å². The Morgan fingerprint density at radius 1 is 1.32 bits per heavy atom. The fourth-order valence-corrected chi connectivity index (χ4v) is 2.47. The van der Waals surface area contributed by atoms with Gasteiger partial charge in [0.25, 0.3) is 5.91 Å². The summed E-state index contributed by atoms with van der Waals surface area (Å²) in [6.45, 7) is 0. The largest absolute Gasteiger partial charge is 0.481 e. The van der Waals surface area contributed by atoms with Crippen LogP contribution in [0.1, 0.15) is 36.0 Å². The van der Waals surface area contributed by atoms with E-state index in [4.69, 9.17) is 16.7 Å². The second-order valence-electron chi connectivity index (χ2n) is 4.68. The van der Waals surface area contributed by atoms with Crippen LogP contribution in [0, 0.1) is 5.92 Å². The maximum Gasteiger partial charge on any atom is 0.308 e. The van der Waals surface area contributed by atoms with E-state index in [1.165, 1.54) is 12.3 Å². The first-order chi connectivity index (χ1) is 9.08. The second kappa shape index (κ2) is 6.02. The van der Waals surface area contributed by atoms with E-state index in [0.717, 1.165) is 12.8 Å². The Bertz CT molecular complexity index is 475. The molecule has 1 aliphatic carbocycles. The summed E-state index contributed by atoms with van der Waals surface area (Å²) in [7, 11) is 0. The number of aliphatic carboxylic acids is 1. The molecule has 0 spiro atoms. The molecule has 0 aromatic carbocycles. The first kappa shape index (κ1) is 13.8. The van der Waals surface area contributed by atoms with Crippen LogP contribution >= 0.6 is 11.6 Å². The van der Waals surface area contributed by atoms with E-state index in [-0.39, 0.29) is 11.9 Å². The number of carboxylic acid groups (broad SMARTS) is 1. The molecule has 1 saturated carbocycles. The number of hydrogen-bond acceptors (Lipinski definition) is 3. The number of carbonyl (C=O) groups excluding carboxylic acids is 1. The summed E-state index contributed by atoms with van der Waals surface area (Å²) in [4.78, 5) is 27.0. The van der Waals surface area contributed by atoms with Crippen molar-refractivity contribution in [2.24, 2.45) is 5.92 Å². The molecular weight excluding hydrogens is 268 g/mol. The zero-order chi connectivity index (χ0) is 13.8. The lowest BCUT2D eigenvalue weighted by Gasteiger charge is -2.29. The minimum Gasteiger partial charge on any atom is -0.481 e. The third kappa shape index (κ3) is 3.44. The summed E-state index contributed by atoms with van der Waals surface area (Å²) in [6.07, 6.45) is 4.53. The quantitative estimate of drug-likeness (QED) is 0.832. The minimum absolute atomic E-state index is 0.303. The lowest BCUT2D eigenvalue weighted by atomic mass is 9.84. The number of amides is 1. The average Bonchev–Trinajstić information content (AvgIpc) is 2.39. The molecule has 102 valence electrons. The summed E-state index contributed by atoms with van der Waals surface area (Å²) in [5, 5.41) is 12.2. The molecule has 1 heterocycles. The van der Waals surface area contributed by atoms with Gasteiger partial charge in [-0.1, -0.05) is 24.4 Å². The Morgan fingerprint density at radius 3 is 2.68 bits per heavy atom. The highest BCUT2D eigenvalue weighted by Crippen LogP contribution is 2.25. The molecule has 1 fully saturated rings. The lowest BCUT2D eigenvalue weighted by Crippen LogP contribution is -2.45. The van der Waals surface area contributed by atoms with Crippen LogP contribution in [0.25, 0.3) is 0 Å². The topological polar surface area (TPSA) is 79.3 Å². The number of rotatable bonds is 3. The van der Waals surface area contributed by atoms with Gasteiger partial charge >= 0.3 is 5.97 Å². The Morgan fingerprint density at radius 2 is 2.05 bits per heavy atom. The number of halogens is 1. The van der Waals surface area contributed by atoms with E-state index < -0.39 is 11.9 Å². The van der Waals surface area contributed by atoms with E-state index in [1.54, 1.807) is 6.07 Å². The summed E-state index contributed by atoms with van der Waals surface area (Å²) in [5.74, 6) is -1.65. The van der Waals surface area contributed by atoms with Crippen LogP contribution in [0.15, 0.2) is 18.3 Å². The van der Waals surface area contributed by atoms with E-state index in [0.29, 0.717) is 23.6 Å². The molecule has 6 heteroatoms. The van der Waals surface area contributed by atoms with Crippen molar-refractivity contribution in [2.45, 2.75) is 31.7 Å². The van der Waals surface area contributed by atoms with Crippen molar-refractivity contribution < 1.29 is 14.7 Å². The third-order valence-electron chi connectivity index (χ3n) is 3.39. The first-order valence-electron chi connectivity index (χ1n) is 6.23. The van der Waals surface area contributed by atoms with Crippen LogP contribution in [-0.2, 0) is 4.79 Å². The van der Waals surface area contributed by atoms with Crippen LogP contribution < -0.4 is 5.32 Å². The molecule has 2 unspecified atom stereocenters. The molecule has 2 rings (SSSR count). The Hall–Kier alpha value is -1.62. The van der Waals surface area contributed by atoms with Gasteiger partial charge in [-0.25, -0.2) is 4.98 Å². The van der Waals surface area contributed by atoms with Crippen molar-refractivity contribution in [1.29, 1.82) is 0 Å². The molecule has 2 N–H and O–H groups in total. The van der Waals surface area contributed by atoms with Gasteiger partial charge in [-0.05, 0) is 25.0 Å². The van der Waals surface area contributed by atoms with Crippen LogP contribution in [0.2, 0.25) is 5.15 Å². The number of nitrogens with zero attached hydrogens (tertiary/aromatic N) is 1. The standard InChI is InChI=1S/C13H15ClN2O3/c14-11-6-5-8(7-15-11)12(17)16-10-4-2-1-3-9(10)13(18)19/h5-7,9-10H,1-4H2,(H,16,17)(H,18,19). The zero-order valence-electron chi connectivity index (χ0n) is 10.3. The molecule has 1 aromatic heterocycles. The van der Waals surface area contributed by atoms with Crippen molar-refractivity contribution in [2.75, 3.05) is 0 Å². The summed E-state index contributed by atoms with van der Waals surface area (Å²) in [5.41, 5.74) is 0.388. The molecule has 0 radical (unpaired) electrons. The average molecular weight is 283 g/mol. The normalized spacial score (nSPS) is 22.8. The third-order valence-corrected chi connectivity index (χ3v) is 3.61. The van der Waals surface area contributed by atoms with E-state index >= 15 is 0 Å². The highest BCUT2D eigenvalue weighted by atomic mass is 35.5. The SMILES string of the molecule is O=C(NC1CCCCC1C(=O)O)c1ccc(Cl)nc1. The monoisotopic (exact) mass is 282 g/mol.